The molecule has 3 rings (SSSR count). The number of benzene rings is 1. The van der Waals surface area contributed by atoms with Crippen molar-refractivity contribution in [1.29, 1.82) is 0 Å². The molecule has 1 saturated heterocycles. The SMILES string of the molecule is CC1CN(C(=O)c2cc(F)cc3cccnc23)CCC1C(=O)O. The smallest absolute Gasteiger partial charge is 0.306 e. The van der Waals surface area contributed by atoms with E-state index in [1.54, 1.807) is 23.2 Å². The summed E-state index contributed by atoms with van der Waals surface area (Å²) in [6.45, 7) is 2.52. The number of pyridine rings is 1. The van der Waals surface area contributed by atoms with Crippen molar-refractivity contribution >= 4 is 22.8 Å². The van der Waals surface area contributed by atoms with E-state index in [1.807, 2.05) is 6.92 Å². The van der Waals surface area contributed by atoms with E-state index in [2.05, 4.69) is 4.98 Å². The van der Waals surface area contributed by atoms with Gasteiger partial charge in [0.2, 0.25) is 0 Å². The normalized spacial score (nSPS) is 21.4. The molecule has 1 aliphatic rings. The highest BCUT2D eigenvalue weighted by molar-refractivity contribution is 6.05. The second kappa shape index (κ2) is 5.95. The number of carbonyl (C=O) groups is 2. The summed E-state index contributed by atoms with van der Waals surface area (Å²) in [4.78, 5) is 29.7. The van der Waals surface area contributed by atoms with Gasteiger partial charge in [0, 0.05) is 24.7 Å². The lowest BCUT2D eigenvalue weighted by Gasteiger charge is -2.35. The summed E-state index contributed by atoms with van der Waals surface area (Å²) in [7, 11) is 0. The standard InChI is InChI=1S/C17H17FN2O3/c1-10-9-20(6-4-13(10)17(22)23)16(21)14-8-12(18)7-11-3-2-5-19-15(11)14/h2-3,5,7-8,10,13H,4,6,9H2,1H3,(H,22,23). The number of likely N-dealkylation sites (tertiary alicyclic amines) is 1. The van der Waals surface area contributed by atoms with E-state index in [9.17, 15) is 14.0 Å². The van der Waals surface area contributed by atoms with E-state index in [0.29, 0.717) is 30.4 Å². The van der Waals surface area contributed by atoms with Crippen molar-refractivity contribution in [3.8, 4) is 0 Å². The summed E-state index contributed by atoms with van der Waals surface area (Å²) < 4.78 is 13.8. The molecule has 2 unspecified atom stereocenters. The Hall–Kier alpha value is -2.50. The number of carboxylic acid groups (broad SMARTS) is 1. The second-order valence-corrected chi connectivity index (χ2v) is 5.99. The van der Waals surface area contributed by atoms with Crippen LogP contribution in [0.3, 0.4) is 0 Å². The van der Waals surface area contributed by atoms with Gasteiger partial charge in [-0.15, -0.1) is 0 Å². The molecule has 1 aromatic carbocycles. The lowest BCUT2D eigenvalue weighted by Crippen LogP contribution is -2.45. The van der Waals surface area contributed by atoms with Gasteiger partial charge in [-0.05, 0) is 30.5 Å². The number of piperidine rings is 1. The zero-order chi connectivity index (χ0) is 16.6. The predicted octanol–water partition coefficient (Wildman–Crippen LogP) is 2.56. The molecule has 1 aromatic heterocycles. The van der Waals surface area contributed by atoms with Gasteiger partial charge in [-0.3, -0.25) is 14.6 Å². The first kappa shape index (κ1) is 15.4. The van der Waals surface area contributed by atoms with Crippen molar-refractivity contribution in [2.45, 2.75) is 13.3 Å². The van der Waals surface area contributed by atoms with Gasteiger partial charge >= 0.3 is 5.97 Å². The average molecular weight is 316 g/mol. The molecule has 1 amide bonds. The number of amides is 1. The Morgan fingerprint density at radius 3 is 2.87 bits per heavy atom. The van der Waals surface area contributed by atoms with E-state index in [-0.39, 0.29) is 17.4 Å². The zero-order valence-corrected chi connectivity index (χ0v) is 12.7. The molecule has 0 saturated carbocycles. The summed E-state index contributed by atoms with van der Waals surface area (Å²) in [5, 5.41) is 9.74. The molecule has 1 fully saturated rings. The first-order valence-corrected chi connectivity index (χ1v) is 7.53. The number of aliphatic carboxylic acids is 1. The first-order chi connectivity index (χ1) is 11.0. The van der Waals surface area contributed by atoms with Crippen molar-refractivity contribution in [1.82, 2.24) is 9.88 Å². The fourth-order valence-electron chi connectivity index (χ4n) is 3.19. The van der Waals surface area contributed by atoms with Crippen molar-refractivity contribution in [2.75, 3.05) is 13.1 Å². The molecule has 0 aliphatic carbocycles. The molecule has 2 aromatic rings. The third kappa shape index (κ3) is 2.88. The van der Waals surface area contributed by atoms with E-state index in [1.165, 1.54) is 12.1 Å². The third-order valence-electron chi connectivity index (χ3n) is 4.41. The summed E-state index contributed by atoms with van der Waals surface area (Å²) in [6, 6.07) is 5.95. The average Bonchev–Trinajstić information content (AvgIpc) is 2.52. The van der Waals surface area contributed by atoms with Gasteiger partial charge in [0.1, 0.15) is 5.82 Å². The summed E-state index contributed by atoms with van der Waals surface area (Å²) in [5.74, 6) is -2.20. The summed E-state index contributed by atoms with van der Waals surface area (Å²) >= 11 is 0. The van der Waals surface area contributed by atoms with Gasteiger partial charge in [-0.1, -0.05) is 13.0 Å². The lowest BCUT2D eigenvalue weighted by molar-refractivity contribution is -0.145. The molecular formula is C17H17FN2O3. The van der Waals surface area contributed by atoms with Crippen LogP contribution in [0.5, 0.6) is 0 Å². The third-order valence-corrected chi connectivity index (χ3v) is 4.41. The van der Waals surface area contributed by atoms with E-state index >= 15 is 0 Å². The van der Waals surface area contributed by atoms with Gasteiger partial charge in [-0.2, -0.15) is 0 Å². The van der Waals surface area contributed by atoms with Crippen LogP contribution in [0, 0.1) is 17.7 Å². The number of carbonyl (C=O) groups excluding carboxylic acids is 1. The van der Waals surface area contributed by atoms with Crippen LogP contribution < -0.4 is 0 Å². The second-order valence-electron chi connectivity index (χ2n) is 5.99. The Morgan fingerprint density at radius 1 is 1.39 bits per heavy atom. The van der Waals surface area contributed by atoms with Crippen LogP contribution in [0.4, 0.5) is 4.39 Å². The Kier molecular flexibility index (Phi) is 3.98. The topological polar surface area (TPSA) is 70.5 Å². The molecule has 6 heteroatoms. The molecule has 1 N–H and O–H groups in total. The Morgan fingerprint density at radius 2 is 2.17 bits per heavy atom. The number of rotatable bonds is 2. The van der Waals surface area contributed by atoms with Crippen LogP contribution in [-0.4, -0.2) is 40.0 Å². The molecular weight excluding hydrogens is 299 g/mol. The lowest BCUT2D eigenvalue weighted by atomic mass is 9.86. The maximum Gasteiger partial charge on any atom is 0.306 e. The number of halogens is 1. The molecule has 1 aliphatic heterocycles. The minimum atomic E-state index is -0.831. The quantitative estimate of drug-likeness (QED) is 0.924. The number of carboxylic acids is 1. The van der Waals surface area contributed by atoms with Crippen LogP contribution >= 0.6 is 0 Å². The van der Waals surface area contributed by atoms with Crippen molar-refractivity contribution < 1.29 is 19.1 Å². The largest absolute Gasteiger partial charge is 0.481 e. The molecule has 0 spiro atoms. The number of hydrogen-bond acceptors (Lipinski definition) is 3. The number of nitrogens with zero attached hydrogens (tertiary/aromatic N) is 2. The molecule has 120 valence electrons. The fourth-order valence-corrected chi connectivity index (χ4v) is 3.19. The van der Waals surface area contributed by atoms with Crippen molar-refractivity contribution in [3.63, 3.8) is 0 Å². The maximum absolute atomic E-state index is 13.8. The highest BCUT2D eigenvalue weighted by atomic mass is 19.1. The Labute approximate surface area is 132 Å². The van der Waals surface area contributed by atoms with Crippen LogP contribution in [0.1, 0.15) is 23.7 Å². The van der Waals surface area contributed by atoms with Gasteiger partial charge in [-0.25, -0.2) is 4.39 Å². The molecule has 2 atom stereocenters. The zero-order valence-electron chi connectivity index (χ0n) is 12.7. The highest BCUT2D eigenvalue weighted by Gasteiger charge is 2.33. The minimum Gasteiger partial charge on any atom is -0.481 e. The number of fused-ring (bicyclic) bond motifs is 1. The Balaban J connectivity index is 1.91. The van der Waals surface area contributed by atoms with Crippen molar-refractivity contribution in [3.05, 3.63) is 41.8 Å². The summed E-state index contributed by atoms with van der Waals surface area (Å²) in [6.07, 6.45) is 1.97. The molecule has 23 heavy (non-hydrogen) atoms. The van der Waals surface area contributed by atoms with E-state index in [0.717, 1.165) is 0 Å². The minimum absolute atomic E-state index is 0.141. The monoisotopic (exact) mass is 316 g/mol. The maximum atomic E-state index is 13.8. The Bertz CT molecular complexity index is 778. The molecule has 2 heterocycles. The molecule has 0 radical (unpaired) electrons. The first-order valence-electron chi connectivity index (χ1n) is 7.53. The van der Waals surface area contributed by atoms with Crippen LogP contribution in [0.2, 0.25) is 0 Å². The molecule has 0 bridgehead atoms. The molecule has 5 nitrogen and oxygen atoms in total. The van der Waals surface area contributed by atoms with Crippen LogP contribution in [0.25, 0.3) is 10.9 Å². The summed E-state index contributed by atoms with van der Waals surface area (Å²) in [5.41, 5.74) is 0.688. The number of aromatic nitrogens is 1. The van der Waals surface area contributed by atoms with Crippen LogP contribution in [0.15, 0.2) is 30.5 Å². The fraction of sp³-hybridized carbons (Fsp3) is 0.353. The van der Waals surface area contributed by atoms with Crippen LogP contribution in [-0.2, 0) is 4.79 Å². The van der Waals surface area contributed by atoms with Gasteiger partial charge in [0.05, 0.1) is 17.0 Å². The van der Waals surface area contributed by atoms with E-state index in [4.69, 9.17) is 5.11 Å². The number of hydrogen-bond donors (Lipinski definition) is 1. The van der Waals surface area contributed by atoms with Gasteiger partial charge in [0.15, 0.2) is 0 Å². The van der Waals surface area contributed by atoms with Gasteiger partial charge < -0.3 is 10.0 Å². The van der Waals surface area contributed by atoms with Gasteiger partial charge in [0.25, 0.3) is 5.91 Å². The van der Waals surface area contributed by atoms with E-state index < -0.39 is 17.7 Å². The predicted molar refractivity (Wildman–Crippen MR) is 82.5 cm³/mol. The van der Waals surface area contributed by atoms with Crippen molar-refractivity contribution in [2.24, 2.45) is 11.8 Å². The highest BCUT2D eigenvalue weighted by Crippen LogP contribution is 2.26.